The maximum absolute atomic E-state index is 11.7. The molecule has 0 radical (unpaired) electrons. The molecule has 1 unspecified atom stereocenters. The molecule has 0 aliphatic rings. The first-order chi connectivity index (χ1) is 9.72. The Hall–Kier alpha value is -0.830. The standard InChI is InChI=1S/C17H25BrO2/c1-2-3-4-8-11-16(18)12-13-17(19)20-14-15-9-6-5-7-10-15/h5-7,9-10,16H,2-4,8,11-14H2,1H3. The molecule has 0 fully saturated rings. The van der Waals surface area contributed by atoms with E-state index in [2.05, 4.69) is 22.9 Å². The average Bonchev–Trinajstić information content (AvgIpc) is 2.48. The minimum Gasteiger partial charge on any atom is -0.461 e. The number of benzene rings is 1. The Morgan fingerprint density at radius 3 is 2.60 bits per heavy atom. The lowest BCUT2D eigenvalue weighted by atomic mass is 10.1. The molecule has 20 heavy (non-hydrogen) atoms. The van der Waals surface area contributed by atoms with E-state index in [1.807, 2.05) is 30.3 Å². The summed E-state index contributed by atoms with van der Waals surface area (Å²) in [6, 6.07) is 9.80. The van der Waals surface area contributed by atoms with Crippen molar-refractivity contribution >= 4 is 21.9 Å². The van der Waals surface area contributed by atoms with E-state index in [1.165, 1.54) is 25.7 Å². The molecule has 1 atom stereocenters. The van der Waals surface area contributed by atoms with Crippen LogP contribution in [0, 0.1) is 0 Å². The summed E-state index contributed by atoms with van der Waals surface area (Å²) in [5, 5.41) is 0. The van der Waals surface area contributed by atoms with Crippen LogP contribution in [-0.4, -0.2) is 10.8 Å². The molecule has 0 saturated heterocycles. The van der Waals surface area contributed by atoms with Crippen LogP contribution in [0.5, 0.6) is 0 Å². The third kappa shape index (κ3) is 8.36. The molecule has 0 saturated carbocycles. The summed E-state index contributed by atoms with van der Waals surface area (Å²) in [6.45, 7) is 2.59. The molecular formula is C17H25BrO2. The van der Waals surface area contributed by atoms with Crippen LogP contribution in [0.1, 0.15) is 57.4 Å². The third-order valence-electron chi connectivity index (χ3n) is 3.28. The molecule has 1 aromatic carbocycles. The molecule has 0 spiro atoms. The van der Waals surface area contributed by atoms with Crippen LogP contribution >= 0.6 is 15.9 Å². The molecular weight excluding hydrogens is 316 g/mol. The van der Waals surface area contributed by atoms with Gasteiger partial charge >= 0.3 is 5.97 Å². The molecule has 0 aromatic heterocycles. The van der Waals surface area contributed by atoms with E-state index >= 15 is 0 Å². The minimum absolute atomic E-state index is 0.105. The number of hydrogen-bond acceptors (Lipinski definition) is 2. The van der Waals surface area contributed by atoms with Gasteiger partial charge in [0, 0.05) is 11.2 Å². The van der Waals surface area contributed by atoms with Gasteiger partial charge in [0.05, 0.1) is 0 Å². The fraction of sp³-hybridized carbons (Fsp3) is 0.588. The summed E-state index contributed by atoms with van der Waals surface area (Å²) < 4.78 is 5.26. The summed E-state index contributed by atoms with van der Waals surface area (Å²) in [6.07, 6.45) is 7.60. The van der Waals surface area contributed by atoms with Crippen LogP contribution in [0.15, 0.2) is 30.3 Å². The Morgan fingerprint density at radius 1 is 1.15 bits per heavy atom. The quantitative estimate of drug-likeness (QED) is 0.330. The number of esters is 1. The van der Waals surface area contributed by atoms with E-state index in [9.17, 15) is 4.79 Å². The average molecular weight is 341 g/mol. The molecule has 3 heteroatoms. The second-order valence-electron chi connectivity index (χ2n) is 5.13. The number of ether oxygens (including phenoxy) is 1. The Labute approximate surface area is 131 Å². The van der Waals surface area contributed by atoms with Gasteiger partial charge < -0.3 is 4.74 Å². The van der Waals surface area contributed by atoms with Gasteiger partial charge in [-0.05, 0) is 18.4 Å². The number of halogens is 1. The summed E-state index contributed by atoms with van der Waals surface area (Å²) in [7, 11) is 0. The van der Waals surface area contributed by atoms with Gasteiger partial charge in [-0.1, -0.05) is 78.9 Å². The molecule has 0 aliphatic heterocycles. The second kappa shape index (κ2) is 10.9. The van der Waals surface area contributed by atoms with Gasteiger partial charge in [0.2, 0.25) is 0 Å². The van der Waals surface area contributed by atoms with Gasteiger partial charge in [-0.2, -0.15) is 0 Å². The highest BCUT2D eigenvalue weighted by molar-refractivity contribution is 9.09. The van der Waals surface area contributed by atoms with Crippen molar-refractivity contribution in [1.82, 2.24) is 0 Å². The second-order valence-corrected chi connectivity index (χ2v) is 6.43. The lowest BCUT2D eigenvalue weighted by Gasteiger charge is -2.09. The zero-order valence-electron chi connectivity index (χ0n) is 12.3. The summed E-state index contributed by atoms with van der Waals surface area (Å²) in [5.41, 5.74) is 1.04. The normalized spacial score (nSPS) is 12.1. The van der Waals surface area contributed by atoms with Crippen LogP contribution in [0.2, 0.25) is 0 Å². The Kier molecular flexibility index (Phi) is 9.38. The van der Waals surface area contributed by atoms with Crippen LogP contribution in [-0.2, 0) is 16.1 Å². The zero-order valence-corrected chi connectivity index (χ0v) is 13.9. The number of alkyl halides is 1. The van der Waals surface area contributed by atoms with Crippen molar-refractivity contribution in [2.75, 3.05) is 0 Å². The van der Waals surface area contributed by atoms with Gasteiger partial charge in [-0.15, -0.1) is 0 Å². The van der Waals surface area contributed by atoms with E-state index in [1.54, 1.807) is 0 Å². The van der Waals surface area contributed by atoms with E-state index in [4.69, 9.17) is 4.74 Å². The molecule has 112 valence electrons. The number of carbonyl (C=O) groups is 1. The number of hydrogen-bond donors (Lipinski definition) is 0. The lowest BCUT2D eigenvalue weighted by Crippen LogP contribution is -2.08. The van der Waals surface area contributed by atoms with Crippen LogP contribution in [0.4, 0.5) is 0 Å². The van der Waals surface area contributed by atoms with E-state index in [-0.39, 0.29) is 5.97 Å². The summed E-state index contributed by atoms with van der Waals surface area (Å²) >= 11 is 3.65. The molecule has 2 nitrogen and oxygen atoms in total. The van der Waals surface area contributed by atoms with Crippen LogP contribution < -0.4 is 0 Å². The van der Waals surface area contributed by atoms with Crippen LogP contribution in [0.25, 0.3) is 0 Å². The van der Waals surface area contributed by atoms with Crippen molar-refractivity contribution < 1.29 is 9.53 Å². The zero-order chi connectivity index (χ0) is 14.6. The third-order valence-corrected chi connectivity index (χ3v) is 4.19. The predicted octanol–water partition coefficient (Wildman–Crippen LogP) is 5.24. The monoisotopic (exact) mass is 340 g/mol. The lowest BCUT2D eigenvalue weighted by molar-refractivity contribution is -0.145. The fourth-order valence-electron chi connectivity index (χ4n) is 2.02. The van der Waals surface area contributed by atoms with Crippen molar-refractivity contribution in [2.24, 2.45) is 0 Å². The maximum Gasteiger partial charge on any atom is 0.306 e. The molecule has 1 rings (SSSR count). The highest BCUT2D eigenvalue weighted by Crippen LogP contribution is 2.17. The van der Waals surface area contributed by atoms with Crippen molar-refractivity contribution in [2.45, 2.75) is 63.3 Å². The van der Waals surface area contributed by atoms with Crippen molar-refractivity contribution in [3.05, 3.63) is 35.9 Å². The van der Waals surface area contributed by atoms with E-state index in [0.717, 1.165) is 18.4 Å². The Balaban J connectivity index is 2.07. The first kappa shape index (κ1) is 17.2. The van der Waals surface area contributed by atoms with Crippen LogP contribution in [0.3, 0.4) is 0 Å². The highest BCUT2D eigenvalue weighted by atomic mass is 79.9. The van der Waals surface area contributed by atoms with Crippen molar-refractivity contribution in [1.29, 1.82) is 0 Å². The molecule has 0 amide bonds. The van der Waals surface area contributed by atoms with Gasteiger partial charge in [0.1, 0.15) is 6.61 Å². The SMILES string of the molecule is CCCCCCC(Br)CCC(=O)OCc1ccccc1. The molecule has 0 N–H and O–H groups in total. The minimum atomic E-state index is -0.105. The Morgan fingerprint density at radius 2 is 1.90 bits per heavy atom. The highest BCUT2D eigenvalue weighted by Gasteiger charge is 2.09. The molecule has 1 aromatic rings. The van der Waals surface area contributed by atoms with E-state index in [0.29, 0.717) is 17.9 Å². The molecule has 0 heterocycles. The smallest absolute Gasteiger partial charge is 0.306 e. The Bertz CT molecular complexity index is 365. The van der Waals surface area contributed by atoms with Crippen molar-refractivity contribution in [3.8, 4) is 0 Å². The van der Waals surface area contributed by atoms with Gasteiger partial charge in [0.25, 0.3) is 0 Å². The molecule has 0 aliphatic carbocycles. The molecule has 0 bridgehead atoms. The number of unbranched alkanes of at least 4 members (excludes halogenated alkanes) is 3. The number of rotatable bonds is 10. The predicted molar refractivity (Wildman–Crippen MR) is 86.9 cm³/mol. The first-order valence-electron chi connectivity index (χ1n) is 7.56. The summed E-state index contributed by atoms with van der Waals surface area (Å²) in [4.78, 5) is 12.1. The fourth-order valence-corrected chi connectivity index (χ4v) is 2.57. The van der Waals surface area contributed by atoms with Crippen molar-refractivity contribution in [3.63, 3.8) is 0 Å². The first-order valence-corrected chi connectivity index (χ1v) is 8.47. The van der Waals surface area contributed by atoms with Gasteiger partial charge in [-0.25, -0.2) is 0 Å². The maximum atomic E-state index is 11.7. The number of carbonyl (C=O) groups excluding carboxylic acids is 1. The largest absolute Gasteiger partial charge is 0.461 e. The topological polar surface area (TPSA) is 26.3 Å². The van der Waals surface area contributed by atoms with E-state index < -0.39 is 0 Å². The van der Waals surface area contributed by atoms with Gasteiger partial charge in [0.15, 0.2) is 0 Å². The summed E-state index contributed by atoms with van der Waals surface area (Å²) in [5.74, 6) is -0.105. The van der Waals surface area contributed by atoms with Gasteiger partial charge in [-0.3, -0.25) is 4.79 Å².